The zero-order chi connectivity index (χ0) is 17.2. The van der Waals surface area contributed by atoms with Crippen molar-refractivity contribution in [1.29, 1.82) is 0 Å². The van der Waals surface area contributed by atoms with Gasteiger partial charge in [-0.3, -0.25) is 10.1 Å². The van der Waals surface area contributed by atoms with E-state index in [2.05, 4.69) is 37.1 Å². The summed E-state index contributed by atoms with van der Waals surface area (Å²) in [4.78, 5) is 31.4. The van der Waals surface area contributed by atoms with Crippen LogP contribution in [0, 0.1) is 0 Å². The highest BCUT2D eigenvalue weighted by atomic mass is 32.1. The maximum atomic E-state index is 12.6. The van der Waals surface area contributed by atoms with E-state index in [-0.39, 0.29) is 5.91 Å². The number of aromatic nitrogens is 3. The molecule has 7 nitrogen and oxygen atoms in total. The molecule has 1 amide bonds. The van der Waals surface area contributed by atoms with Gasteiger partial charge in [0.05, 0.1) is 5.69 Å². The van der Waals surface area contributed by atoms with Crippen LogP contribution in [0.1, 0.15) is 33.9 Å². The van der Waals surface area contributed by atoms with Crippen molar-refractivity contribution in [2.45, 2.75) is 25.7 Å². The van der Waals surface area contributed by atoms with Gasteiger partial charge in [-0.05, 0) is 32.7 Å². The number of carbonyl (C=O) groups excluding carboxylic acids is 1. The SMILES string of the molecule is CN1CCN(c2cc(C(=O)Nc3nc4c(s3)CCCC4)ncn2)CC1. The van der Waals surface area contributed by atoms with Gasteiger partial charge in [0.25, 0.3) is 5.91 Å². The summed E-state index contributed by atoms with van der Waals surface area (Å²) >= 11 is 1.59. The number of piperazine rings is 1. The van der Waals surface area contributed by atoms with Crippen molar-refractivity contribution < 1.29 is 4.79 Å². The molecule has 1 aliphatic carbocycles. The van der Waals surface area contributed by atoms with Crippen LogP contribution in [-0.4, -0.2) is 59.0 Å². The Labute approximate surface area is 151 Å². The summed E-state index contributed by atoms with van der Waals surface area (Å²) in [6.07, 6.45) is 5.95. The molecule has 0 aromatic carbocycles. The first kappa shape index (κ1) is 16.4. The van der Waals surface area contributed by atoms with Crippen LogP contribution in [0.2, 0.25) is 0 Å². The lowest BCUT2D eigenvalue weighted by Gasteiger charge is -2.33. The normalized spacial score (nSPS) is 18.0. The molecule has 0 spiro atoms. The molecule has 4 rings (SSSR count). The quantitative estimate of drug-likeness (QED) is 0.902. The highest BCUT2D eigenvalue weighted by molar-refractivity contribution is 7.15. The highest BCUT2D eigenvalue weighted by Gasteiger charge is 2.19. The first-order chi connectivity index (χ1) is 12.2. The zero-order valence-corrected chi connectivity index (χ0v) is 15.2. The Kier molecular flexibility index (Phi) is 4.63. The van der Waals surface area contributed by atoms with Gasteiger partial charge in [-0.25, -0.2) is 15.0 Å². The molecule has 25 heavy (non-hydrogen) atoms. The van der Waals surface area contributed by atoms with Gasteiger partial charge in [-0.2, -0.15) is 0 Å². The summed E-state index contributed by atoms with van der Waals surface area (Å²) < 4.78 is 0. The molecule has 0 radical (unpaired) electrons. The summed E-state index contributed by atoms with van der Waals surface area (Å²) in [7, 11) is 2.11. The number of fused-ring (bicyclic) bond motifs is 1. The standard InChI is InChI=1S/C17H22N6OS/c1-22-6-8-23(9-7-22)15-10-13(18-11-19-15)16(24)21-17-20-12-4-2-3-5-14(12)25-17/h10-11H,2-9H2,1H3,(H,20,21,24). The third-order valence-corrected chi connectivity index (χ3v) is 5.85. The number of hydrogen-bond donors (Lipinski definition) is 1. The van der Waals surface area contributed by atoms with E-state index in [1.165, 1.54) is 24.0 Å². The Balaban J connectivity index is 1.46. The summed E-state index contributed by atoms with van der Waals surface area (Å²) in [6.45, 7) is 3.81. The van der Waals surface area contributed by atoms with Gasteiger partial charge in [0, 0.05) is 37.1 Å². The Morgan fingerprint density at radius 2 is 1.96 bits per heavy atom. The number of amides is 1. The molecule has 0 saturated carbocycles. The smallest absolute Gasteiger partial charge is 0.276 e. The predicted molar refractivity (Wildman–Crippen MR) is 98.5 cm³/mol. The molecule has 1 saturated heterocycles. The number of rotatable bonds is 3. The van der Waals surface area contributed by atoms with Gasteiger partial charge in [-0.15, -0.1) is 11.3 Å². The largest absolute Gasteiger partial charge is 0.354 e. The highest BCUT2D eigenvalue weighted by Crippen LogP contribution is 2.29. The molecule has 1 aliphatic heterocycles. The molecule has 2 aromatic heterocycles. The van der Waals surface area contributed by atoms with Gasteiger partial charge in [0.1, 0.15) is 17.8 Å². The molecule has 1 fully saturated rings. The number of aryl methyl sites for hydroxylation is 2. The maximum Gasteiger partial charge on any atom is 0.276 e. The molecular formula is C17H22N6OS. The van der Waals surface area contributed by atoms with Crippen molar-refractivity contribution >= 4 is 28.2 Å². The Morgan fingerprint density at radius 1 is 1.16 bits per heavy atom. The number of nitrogens with zero attached hydrogens (tertiary/aromatic N) is 5. The van der Waals surface area contributed by atoms with Gasteiger partial charge in [-0.1, -0.05) is 0 Å². The second-order valence-corrected chi connectivity index (χ2v) is 7.69. The van der Waals surface area contributed by atoms with E-state index in [1.54, 1.807) is 17.4 Å². The number of likely N-dealkylation sites (N-methyl/N-ethyl adjacent to an activating group) is 1. The van der Waals surface area contributed by atoms with Crippen molar-refractivity contribution in [3.63, 3.8) is 0 Å². The van der Waals surface area contributed by atoms with Crippen LogP contribution in [0.15, 0.2) is 12.4 Å². The van der Waals surface area contributed by atoms with Crippen molar-refractivity contribution in [1.82, 2.24) is 19.9 Å². The fourth-order valence-electron chi connectivity index (χ4n) is 3.25. The zero-order valence-electron chi connectivity index (χ0n) is 14.4. The number of anilines is 2. The Morgan fingerprint density at radius 3 is 2.76 bits per heavy atom. The van der Waals surface area contributed by atoms with E-state index in [9.17, 15) is 4.79 Å². The second-order valence-electron chi connectivity index (χ2n) is 6.60. The Hall–Kier alpha value is -2.06. The van der Waals surface area contributed by atoms with Gasteiger partial charge in [0.15, 0.2) is 5.13 Å². The summed E-state index contributed by atoms with van der Waals surface area (Å²) in [5, 5.41) is 3.58. The third-order valence-electron chi connectivity index (χ3n) is 4.78. The van der Waals surface area contributed by atoms with Crippen LogP contribution in [-0.2, 0) is 12.8 Å². The molecule has 8 heteroatoms. The fraction of sp³-hybridized carbons (Fsp3) is 0.529. The minimum absolute atomic E-state index is 0.219. The minimum atomic E-state index is -0.219. The van der Waals surface area contributed by atoms with Crippen molar-refractivity contribution in [3.8, 4) is 0 Å². The molecule has 0 unspecified atom stereocenters. The summed E-state index contributed by atoms with van der Waals surface area (Å²) in [5.41, 5.74) is 1.53. The number of thiazole rings is 1. The summed E-state index contributed by atoms with van der Waals surface area (Å²) in [6, 6.07) is 1.77. The van der Waals surface area contributed by atoms with Crippen LogP contribution in [0.5, 0.6) is 0 Å². The molecule has 0 bridgehead atoms. The van der Waals surface area contributed by atoms with Crippen LogP contribution in [0.3, 0.4) is 0 Å². The number of hydrogen-bond acceptors (Lipinski definition) is 7. The average Bonchev–Trinajstić information content (AvgIpc) is 3.04. The fourth-order valence-corrected chi connectivity index (χ4v) is 4.29. The lowest BCUT2D eigenvalue weighted by molar-refractivity contribution is 0.102. The van der Waals surface area contributed by atoms with Crippen LogP contribution < -0.4 is 10.2 Å². The molecule has 2 aromatic rings. The van der Waals surface area contributed by atoms with Gasteiger partial charge < -0.3 is 9.80 Å². The van der Waals surface area contributed by atoms with E-state index in [1.807, 2.05) is 0 Å². The second kappa shape index (κ2) is 7.05. The lowest BCUT2D eigenvalue weighted by Crippen LogP contribution is -2.44. The topological polar surface area (TPSA) is 74.2 Å². The number of nitrogens with one attached hydrogen (secondary N) is 1. The minimum Gasteiger partial charge on any atom is -0.354 e. The van der Waals surface area contributed by atoms with Crippen molar-refractivity contribution in [3.05, 3.63) is 28.7 Å². The van der Waals surface area contributed by atoms with Crippen molar-refractivity contribution in [2.24, 2.45) is 0 Å². The van der Waals surface area contributed by atoms with Gasteiger partial charge >= 0.3 is 0 Å². The van der Waals surface area contributed by atoms with E-state index in [4.69, 9.17) is 0 Å². The molecule has 3 heterocycles. The van der Waals surface area contributed by atoms with Gasteiger partial charge in [0.2, 0.25) is 0 Å². The van der Waals surface area contributed by atoms with Crippen molar-refractivity contribution in [2.75, 3.05) is 43.4 Å². The molecule has 2 aliphatic rings. The van der Waals surface area contributed by atoms with Crippen LogP contribution >= 0.6 is 11.3 Å². The molecule has 1 N–H and O–H groups in total. The van der Waals surface area contributed by atoms with Crippen LogP contribution in [0.4, 0.5) is 10.9 Å². The molecule has 0 atom stereocenters. The van der Waals surface area contributed by atoms with Crippen LogP contribution in [0.25, 0.3) is 0 Å². The average molecular weight is 358 g/mol. The molecule has 132 valence electrons. The number of carbonyl (C=O) groups is 1. The summed E-state index contributed by atoms with van der Waals surface area (Å²) in [5.74, 6) is 0.593. The predicted octanol–water partition coefficient (Wildman–Crippen LogP) is 1.82. The maximum absolute atomic E-state index is 12.6. The third kappa shape index (κ3) is 3.64. The van der Waals surface area contributed by atoms with E-state index < -0.39 is 0 Å². The first-order valence-electron chi connectivity index (χ1n) is 8.74. The lowest BCUT2D eigenvalue weighted by atomic mass is 10.0. The first-order valence-corrected chi connectivity index (χ1v) is 9.56. The van der Waals surface area contributed by atoms with E-state index in [0.717, 1.165) is 50.5 Å². The van der Waals surface area contributed by atoms with E-state index in [0.29, 0.717) is 10.8 Å². The monoisotopic (exact) mass is 358 g/mol. The molecular weight excluding hydrogens is 336 g/mol. The van der Waals surface area contributed by atoms with E-state index >= 15 is 0 Å². The Bertz CT molecular complexity index is 745.